The third-order valence-electron chi connectivity index (χ3n) is 4.48. The molecular formula is C20H18ClNO3. The Kier molecular flexibility index (Phi) is 3.55. The first-order valence-electron chi connectivity index (χ1n) is 8.12. The van der Waals surface area contributed by atoms with Crippen LogP contribution in [-0.2, 0) is 0 Å². The van der Waals surface area contributed by atoms with Crippen LogP contribution in [0.2, 0.25) is 5.02 Å². The Morgan fingerprint density at radius 1 is 1.20 bits per heavy atom. The van der Waals surface area contributed by atoms with Crippen molar-refractivity contribution in [2.24, 2.45) is 0 Å². The molecule has 0 aliphatic carbocycles. The summed E-state index contributed by atoms with van der Waals surface area (Å²) in [6.07, 6.45) is 4.04. The summed E-state index contributed by atoms with van der Waals surface area (Å²) in [6.45, 7) is 3.95. The van der Waals surface area contributed by atoms with Crippen molar-refractivity contribution in [3.63, 3.8) is 0 Å². The molecule has 0 fully saturated rings. The molecule has 0 spiro atoms. The summed E-state index contributed by atoms with van der Waals surface area (Å²) in [4.78, 5) is 0. The quantitative estimate of drug-likeness (QED) is 0.746. The maximum absolute atomic E-state index is 9.46. The number of benzene rings is 2. The monoisotopic (exact) mass is 355 g/mol. The molecule has 0 radical (unpaired) electrons. The molecular weight excluding hydrogens is 338 g/mol. The van der Waals surface area contributed by atoms with Crippen molar-refractivity contribution < 1.29 is 14.6 Å². The molecule has 2 aliphatic heterocycles. The topological polar surface area (TPSA) is 62.5 Å². The Bertz CT molecular complexity index is 900. The van der Waals surface area contributed by atoms with Crippen LogP contribution in [0, 0.1) is 5.41 Å². The number of phenolic OH excluding ortho intramolecular Hbond substituents is 1. The highest BCUT2D eigenvalue weighted by atomic mass is 35.5. The molecule has 25 heavy (non-hydrogen) atoms. The molecule has 2 aromatic carbocycles. The molecule has 0 bridgehead atoms. The standard InChI is InChI=1S/C20H18ClNO3/c1-20(2)8-7-13-16(25-20)10-17-18(19(13)21)14(22)9-15(24-17)11-3-5-12(23)6-4-11/h3-8,10,15,22-23H,9H2,1-2H3. The van der Waals surface area contributed by atoms with Crippen molar-refractivity contribution in [3.05, 3.63) is 58.1 Å². The maximum Gasteiger partial charge on any atom is 0.134 e. The predicted octanol–water partition coefficient (Wildman–Crippen LogP) is 5.12. The Labute approximate surface area is 151 Å². The zero-order valence-electron chi connectivity index (χ0n) is 14.0. The smallest absolute Gasteiger partial charge is 0.134 e. The molecule has 0 aromatic heterocycles. The third-order valence-corrected chi connectivity index (χ3v) is 4.87. The molecule has 1 unspecified atom stereocenters. The fraction of sp³-hybridized carbons (Fsp3) is 0.250. The van der Waals surface area contributed by atoms with Gasteiger partial charge in [0.2, 0.25) is 0 Å². The highest BCUT2D eigenvalue weighted by Gasteiger charge is 2.32. The molecule has 2 aliphatic rings. The number of ether oxygens (including phenoxy) is 2. The molecule has 2 N–H and O–H groups in total. The van der Waals surface area contributed by atoms with Crippen LogP contribution in [0.25, 0.3) is 6.08 Å². The lowest BCUT2D eigenvalue weighted by Gasteiger charge is -2.32. The summed E-state index contributed by atoms with van der Waals surface area (Å²) < 4.78 is 12.1. The van der Waals surface area contributed by atoms with Gasteiger partial charge in [0.05, 0.1) is 10.6 Å². The molecule has 4 nitrogen and oxygen atoms in total. The number of hydrogen-bond acceptors (Lipinski definition) is 4. The van der Waals surface area contributed by atoms with Crippen LogP contribution in [-0.4, -0.2) is 16.4 Å². The van der Waals surface area contributed by atoms with E-state index in [1.807, 2.05) is 32.1 Å². The fourth-order valence-corrected chi connectivity index (χ4v) is 3.56. The average Bonchev–Trinajstić information content (AvgIpc) is 2.53. The van der Waals surface area contributed by atoms with E-state index in [1.54, 1.807) is 24.3 Å². The summed E-state index contributed by atoms with van der Waals surface area (Å²) in [5.74, 6) is 1.43. The van der Waals surface area contributed by atoms with Crippen molar-refractivity contribution in [2.45, 2.75) is 32.0 Å². The van der Waals surface area contributed by atoms with Crippen LogP contribution < -0.4 is 9.47 Å². The van der Waals surface area contributed by atoms with Crippen LogP contribution >= 0.6 is 11.6 Å². The highest BCUT2D eigenvalue weighted by molar-refractivity contribution is 6.36. The van der Waals surface area contributed by atoms with Gasteiger partial charge in [-0.05, 0) is 43.7 Å². The normalized spacial score (nSPS) is 20.3. The molecule has 1 atom stereocenters. The van der Waals surface area contributed by atoms with E-state index in [9.17, 15) is 5.11 Å². The number of aromatic hydroxyl groups is 1. The minimum absolute atomic E-state index is 0.203. The summed E-state index contributed by atoms with van der Waals surface area (Å²) in [5, 5.41) is 18.4. The second kappa shape index (κ2) is 5.53. The summed E-state index contributed by atoms with van der Waals surface area (Å²) in [5.41, 5.74) is 2.34. The first-order valence-corrected chi connectivity index (χ1v) is 8.50. The minimum atomic E-state index is -0.414. The number of nitrogens with one attached hydrogen (secondary N) is 1. The van der Waals surface area contributed by atoms with Gasteiger partial charge in [0, 0.05) is 23.8 Å². The lowest BCUT2D eigenvalue weighted by Crippen LogP contribution is -2.28. The van der Waals surface area contributed by atoms with Crippen molar-refractivity contribution in [3.8, 4) is 17.2 Å². The number of hydrogen-bond donors (Lipinski definition) is 2. The van der Waals surface area contributed by atoms with Gasteiger partial charge in [0.15, 0.2) is 0 Å². The molecule has 5 heteroatoms. The van der Waals surface area contributed by atoms with Crippen molar-refractivity contribution >= 4 is 23.4 Å². The van der Waals surface area contributed by atoms with Gasteiger partial charge in [0.1, 0.15) is 29.0 Å². The SMILES string of the molecule is CC1(C)C=Cc2c(cc3c(c2Cl)C(=N)CC(c2ccc(O)cc2)O3)O1. The number of rotatable bonds is 1. The zero-order valence-corrected chi connectivity index (χ0v) is 14.7. The molecule has 2 aromatic rings. The van der Waals surface area contributed by atoms with E-state index in [0.717, 1.165) is 11.1 Å². The van der Waals surface area contributed by atoms with Crippen molar-refractivity contribution in [2.75, 3.05) is 0 Å². The lowest BCUT2D eigenvalue weighted by atomic mass is 9.92. The molecule has 0 saturated heterocycles. The highest BCUT2D eigenvalue weighted by Crippen LogP contribution is 2.46. The van der Waals surface area contributed by atoms with Gasteiger partial charge >= 0.3 is 0 Å². The van der Waals surface area contributed by atoms with E-state index >= 15 is 0 Å². The average molecular weight is 356 g/mol. The maximum atomic E-state index is 9.46. The van der Waals surface area contributed by atoms with E-state index in [2.05, 4.69) is 0 Å². The number of phenols is 1. The largest absolute Gasteiger partial charge is 0.508 e. The molecule has 0 amide bonds. The first kappa shape index (κ1) is 16.0. The minimum Gasteiger partial charge on any atom is -0.508 e. The van der Waals surface area contributed by atoms with Crippen molar-refractivity contribution in [1.82, 2.24) is 0 Å². The van der Waals surface area contributed by atoms with Crippen LogP contribution in [0.15, 0.2) is 36.4 Å². The van der Waals surface area contributed by atoms with Gasteiger partial charge < -0.3 is 20.0 Å². The van der Waals surface area contributed by atoms with Gasteiger partial charge in [-0.2, -0.15) is 0 Å². The number of fused-ring (bicyclic) bond motifs is 2. The van der Waals surface area contributed by atoms with Crippen molar-refractivity contribution in [1.29, 1.82) is 5.41 Å². The van der Waals surface area contributed by atoms with E-state index in [-0.39, 0.29) is 11.9 Å². The summed E-state index contributed by atoms with van der Waals surface area (Å²) >= 11 is 6.56. The van der Waals surface area contributed by atoms with E-state index < -0.39 is 5.60 Å². The lowest BCUT2D eigenvalue weighted by molar-refractivity contribution is 0.156. The van der Waals surface area contributed by atoms with Gasteiger partial charge in [-0.15, -0.1) is 0 Å². The van der Waals surface area contributed by atoms with Gasteiger partial charge in [-0.25, -0.2) is 0 Å². The Morgan fingerprint density at radius 3 is 2.64 bits per heavy atom. The summed E-state index contributed by atoms with van der Waals surface area (Å²) in [7, 11) is 0. The zero-order chi connectivity index (χ0) is 17.8. The second-order valence-corrected chi connectivity index (χ2v) is 7.27. The Morgan fingerprint density at radius 2 is 1.92 bits per heavy atom. The first-order chi connectivity index (χ1) is 11.8. The summed E-state index contributed by atoms with van der Waals surface area (Å²) in [6, 6.07) is 8.67. The van der Waals surface area contributed by atoms with Crippen LogP contribution in [0.5, 0.6) is 17.2 Å². The Balaban J connectivity index is 1.77. The molecule has 128 valence electrons. The molecule has 4 rings (SSSR count). The molecule has 2 heterocycles. The Hall–Kier alpha value is -2.46. The van der Waals surface area contributed by atoms with Crippen LogP contribution in [0.1, 0.15) is 43.1 Å². The van der Waals surface area contributed by atoms with Gasteiger partial charge in [0.25, 0.3) is 0 Å². The second-order valence-electron chi connectivity index (χ2n) is 6.90. The number of halogens is 1. The van der Waals surface area contributed by atoms with Gasteiger partial charge in [-0.1, -0.05) is 23.7 Å². The molecule has 0 saturated carbocycles. The van der Waals surface area contributed by atoms with Gasteiger partial charge in [-0.3, -0.25) is 0 Å². The fourth-order valence-electron chi connectivity index (χ4n) is 3.19. The van der Waals surface area contributed by atoms with E-state index in [4.69, 9.17) is 26.5 Å². The van der Waals surface area contributed by atoms with E-state index in [1.165, 1.54) is 0 Å². The van der Waals surface area contributed by atoms with Crippen LogP contribution in [0.3, 0.4) is 0 Å². The van der Waals surface area contributed by atoms with Crippen LogP contribution in [0.4, 0.5) is 0 Å². The predicted molar refractivity (Wildman–Crippen MR) is 98.1 cm³/mol. The van der Waals surface area contributed by atoms with E-state index in [0.29, 0.717) is 34.2 Å². The third kappa shape index (κ3) is 2.76.